The van der Waals surface area contributed by atoms with Crippen LogP contribution in [0, 0.1) is 0 Å². The van der Waals surface area contributed by atoms with Crippen LogP contribution in [0.4, 0.5) is 0 Å². The molecule has 90 valence electrons. The summed E-state index contributed by atoms with van der Waals surface area (Å²) in [5.41, 5.74) is 2.83. The van der Waals surface area contributed by atoms with Gasteiger partial charge in [0.25, 0.3) is 0 Å². The highest BCUT2D eigenvalue weighted by Gasteiger charge is 2.03. The van der Waals surface area contributed by atoms with Gasteiger partial charge in [0.2, 0.25) is 0 Å². The van der Waals surface area contributed by atoms with Crippen molar-refractivity contribution in [2.24, 2.45) is 0 Å². The zero-order valence-electron chi connectivity index (χ0n) is 11.0. The van der Waals surface area contributed by atoms with Gasteiger partial charge in [-0.05, 0) is 37.6 Å². The summed E-state index contributed by atoms with van der Waals surface area (Å²) < 4.78 is 0. The molecule has 0 heterocycles. The van der Waals surface area contributed by atoms with Gasteiger partial charge in [0.15, 0.2) is 0 Å². The first kappa shape index (κ1) is 13.2. The van der Waals surface area contributed by atoms with Gasteiger partial charge in [-0.1, -0.05) is 38.1 Å². The fourth-order valence-electron chi connectivity index (χ4n) is 1.82. The molecule has 1 aromatic carbocycles. The van der Waals surface area contributed by atoms with Crippen molar-refractivity contribution in [3.63, 3.8) is 0 Å². The van der Waals surface area contributed by atoms with Crippen molar-refractivity contribution < 1.29 is 0 Å². The normalized spacial score (nSPS) is 13.1. The Morgan fingerprint density at radius 2 is 1.88 bits per heavy atom. The zero-order chi connectivity index (χ0) is 12.0. The highest BCUT2D eigenvalue weighted by atomic mass is 15.2. The standard InChI is InChI=1S/C14H24N2/c1-5-12(2)14-8-6-13(7-9-14)10-16(4)11-15-3/h6-9,12,15H,5,10-11H2,1-4H3. The Hall–Kier alpha value is -0.860. The van der Waals surface area contributed by atoms with Gasteiger partial charge in [-0.15, -0.1) is 0 Å². The van der Waals surface area contributed by atoms with Crippen LogP contribution in [0.3, 0.4) is 0 Å². The molecule has 0 amide bonds. The molecule has 1 unspecified atom stereocenters. The van der Waals surface area contributed by atoms with E-state index in [0.717, 1.165) is 13.2 Å². The Bertz CT molecular complexity index is 292. The van der Waals surface area contributed by atoms with Gasteiger partial charge in [0, 0.05) is 13.2 Å². The van der Waals surface area contributed by atoms with E-state index in [9.17, 15) is 0 Å². The van der Waals surface area contributed by atoms with Crippen LogP contribution in [-0.2, 0) is 6.54 Å². The van der Waals surface area contributed by atoms with E-state index in [0.29, 0.717) is 5.92 Å². The molecule has 0 aromatic heterocycles. The van der Waals surface area contributed by atoms with Gasteiger partial charge < -0.3 is 5.32 Å². The third-order valence-corrected chi connectivity index (χ3v) is 3.04. The lowest BCUT2D eigenvalue weighted by molar-refractivity contribution is 0.310. The average Bonchev–Trinajstić information content (AvgIpc) is 2.29. The summed E-state index contributed by atoms with van der Waals surface area (Å²) in [7, 11) is 4.10. The highest BCUT2D eigenvalue weighted by Crippen LogP contribution is 2.19. The Balaban J connectivity index is 2.57. The van der Waals surface area contributed by atoms with Crippen LogP contribution >= 0.6 is 0 Å². The van der Waals surface area contributed by atoms with Gasteiger partial charge in [-0.2, -0.15) is 0 Å². The first-order valence-corrected chi connectivity index (χ1v) is 6.09. The van der Waals surface area contributed by atoms with Gasteiger partial charge in [-0.3, -0.25) is 4.90 Å². The molecule has 0 saturated heterocycles. The lowest BCUT2D eigenvalue weighted by Gasteiger charge is -2.16. The van der Waals surface area contributed by atoms with Crippen LogP contribution in [0.15, 0.2) is 24.3 Å². The van der Waals surface area contributed by atoms with Gasteiger partial charge in [0.05, 0.1) is 0 Å². The molecule has 2 heteroatoms. The highest BCUT2D eigenvalue weighted by molar-refractivity contribution is 5.24. The molecule has 1 atom stereocenters. The molecule has 0 saturated carbocycles. The van der Waals surface area contributed by atoms with Crippen molar-refractivity contribution in [2.45, 2.75) is 32.7 Å². The number of hydrogen-bond donors (Lipinski definition) is 1. The maximum Gasteiger partial charge on any atom is 0.0478 e. The molecule has 2 nitrogen and oxygen atoms in total. The van der Waals surface area contributed by atoms with Crippen molar-refractivity contribution in [2.75, 3.05) is 20.8 Å². The van der Waals surface area contributed by atoms with E-state index in [1.807, 2.05) is 7.05 Å². The minimum atomic E-state index is 0.670. The van der Waals surface area contributed by atoms with E-state index in [2.05, 4.69) is 55.4 Å². The van der Waals surface area contributed by atoms with Crippen LogP contribution in [0.1, 0.15) is 37.3 Å². The molecule has 1 aromatic rings. The van der Waals surface area contributed by atoms with E-state index in [1.165, 1.54) is 17.5 Å². The summed E-state index contributed by atoms with van der Waals surface area (Å²) in [5.74, 6) is 0.670. The molecule has 16 heavy (non-hydrogen) atoms. The van der Waals surface area contributed by atoms with Gasteiger partial charge >= 0.3 is 0 Å². The maximum absolute atomic E-state index is 3.15. The summed E-state index contributed by atoms with van der Waals surface area (Å²) in [6.07, 6.45) is 1.21. The van der Waals surface area contributed by atoms with E-state index in [1.54, 1.807) is 0 Å². The van der Waals surface area contributed by atoms with Crippen molar-refractivity contribution in [3.8, 4) is 0 Å². The second-order valence-electron chi connectivity index (χ2n) is 4.58. The fourth-order valence-corrected chi connectivity index (χ4v) is 1.82. The third-order valence-electron chi connectivity index (χ3n) is 3.04. The molecular weight excluding hydrogens is 196 g/mol. The van der Waals surface area contributed by atoms with Crippen LogP contribution in [0.5, 0.6) is 0 Å². The minimum Gasteiger partial charge on any atom is -0.307 e. The maximum atomic E-state index is 3.15. The van der Waals surface area contributed by atoms with Gasteiger partial charge in [0.1, 0.15) is 0 Å². The Morgan fingerprint density at radius 3 is 2.38 bits per heavy atom. The second-order valence-corrected chi connectivity index (χ2v) is 4.58. The molecule has 0 aliphatic carbocycles. The lowest BCUT2D eigenvalue weighted by Crippen LogP contribution is -2.27. The predicted octanol–water partition coefficient (Wildman–Crippen LogP) is 2.81. The van der Waals surface area contributed by atoms with Crippen molar-refractivity contribution in [1.82, 2.24) is 10.2 Å². The quantitative estimate of drug-likeness (QED) is 0.742. The largest absolute Gasteiger partial charge is 0.307 e. The van der Waals surface area contributed by atoms with E-state index in [-0.39, 0.29) is 0 Å². The van der Waals surface area contributed by atoms with Crippen LogP contribution in [0.25, 0.3) is 0 Å². The molecule has 0 bridgehead atoms. The molecule has 0 fully saturated rings. The second kappa shape index (κ2) is 6.66. The SMILES string of the molecule is CCC(C)c1ccc(CN(C)CNC)cc1. The molecule has 1 N–H and O–H groups in total. The van der Waals surface area contributed by atoms with Crippen LogP contribution in [-0.4, -0.2) is 25.7 Å². The monoisotopic (exact) mass is 220 g/mol. The predicted molar refractivity (Wildman–Crippen MR) is 70.5 cm³/mol. The van der Waals surface area contributed by atoms with Crippen molar-refractivity contribution in [3.05, 3.63) is 35.4 Å². The van der Waals surface area contributed by atoms with Crippen LogP contribution in [0.2, 0.25) is 0 Å². The minimum absolute atomic E-state index is 0.670. The van der Waals surface area contributed by atoms with E-state index >= 15 is 0 Å². The number of nitrogens with zero attached hydrogens (tertiary/aromatic N) is 1. The smallest absolute Gasteiger partial charge is 0.0478 e. The van der Waals surface area contributed by atoms with E-state index in [4.69, 9.17) is 0 Å². The van der Waals surface area contributed by atoms with Gasteiger partial charge in [-0.25, -0.2) is 0 Å². The summed E-state index contributed by atoms with van der Waals surface area (Å²) in [6, 6.07) is 9.01. The Kier molecular flexibility index (Phi) is 5.50. The lowest BCUT2D eigenvalue weighted by atomic mass is 9.98. The topological polar surface area (TPSA) is 15.3 Å². The molecule has 1 rings (SSSR count). The number of rotatable bonds is 6. The summed E-state index contributed by atoms with van der Waals surface area (Å²) in [6.45, 7) is 6.44. The fraction of sp³-hybridized carbons (Fsp3) is 0.571. The first-order chi connectivity index (χ1) is 7.67. The average molecular weight is 220 g/mol. The summed E-state index contributed by atoms with van der Waals surface area (Å²) in [4.78, 5) is 2.26. The molecular formula is C14H24N2. The number of hydrogen-bond acceptors (Lipinski definition) is 2. The number of nitrogens with one attached hydrogen (secondary N) is 1. The summed E-state index contributed by atoms with van der Waals surface area (Å²) in [5, 5.41) is 3.15. The van der Waals surface area contributed by atoms with E-state index < -0.39 is 0 Å². The van der Waals surface area contributed by atoms with Crippen molar-refractivity contribution in [1.29, 1.82) is 0 Å². The Labute approximate surface area is 99.7 Å². The Morgan fingerprint density at radius 1 is 1.25 bits per heavy atom. The summed E-state index contributed by atoms with van der Waals surface area (Å²) >= 11 is 0. The third kappa shape index (κ3) is 3.95. The zero-order valence-corrected chi connectivity index (χ0v) is 11.0. The van der Waals surface area contributed by atoms with Crippen molar-refractivity contribution >= 4 is 0 Å². The molecule has 0 aliphatic heterocycles. The molecule has 0 aliphatic rings. The first-order valence-electron chi connectivity index (χ1n) is 6.09. The number of benzene rings is 1. The molecule has 0 spiro atoms. The van der Waals surface area contributed by atoms with Crippen LogP contribution < -0.4 is 5.32 Å². The molecule has 0 radical (unpaired) electrons.